The highest BCUT2D eigenvalue weighted by Crippen LogP contribution is 2.30. The van der Waals surface area contributed by atoms with Crippen molar-refractivity contribution in [1.82, 2.24) is 0 Å². The summed E-state index contributed by atoms with van der Waals surface area (Å²) in [6, 6.07) is 7.03. The summed E-state index contributed by atoms with van der Waals surface area (Å²) in [5, 5.41) is 0.882. The molecule has 1 unspecified atom stereocenters. The minimum atomic E-state index is 0.506. The Hall–Kier alpha value is -0.0600. The van der Waals surface area contributed by atoms with E-state index in [0.717, 1.165) is 29.4 Å². The second-order valence-electron chi connectivity index (χ2n) is 4.36. The molecule has 0 amide bonds. The van der Waals surface area contributed by atoms with Gasteiger partial charge in [0.1, 0.15) is 0 Å². The molecule has 0 saturated heterocycles. The highest BCUT2D eigenvalue weighted by atomic mass is 79.9. The van der Waals surface area contributed by atoms with E-state index in [2.05, 4.69) is 68.8 Å². The lowest BCUT2D eigenvalue weighted by Crippen LogP contribution is -2.35. The number of hydrogen-bond acceptors (Lipinski definition) is 2. The molecule has 0 spiro atoms. The van der Waals surface area contributed by atoms with E-state index in [4.69, 9.17) is 4.74 Å². The topological polar surface area (TPSA) is 12.5 Å². The number of ether oxygens (including phenoxy) is 1. The van der Waals surface area contributed by atoms with Crippen LogP contribution in [0.4, 0.5) is 5.69 Å². The van der Waals surface area contributed by atoms with Crippen LogP contribution >= 0.6 is 31.9 Å². The Morgan fingerprint density at radius 1 is 1.39 bits per heavy atom. The molecule has 1 aromatic carbocycles. The van der Waals surface area contributed by atoms with Crippen LogP contribution in [0.1, 0.15) is 25.8 Å². The van der Waals surface area contributed by atoms with Crippen molar-refractivity contribution in [2.24, 2.45) is 0 Å². The minimum Gasteiger partial charge on any atom is -0.383 e. The van der Waals surface area contributed by atoms with Gasteiger partial charge in [-0.25, -0.2) is 0 Å². The Morgan fingerprint density at radius 3 is 2.61 bits per heavy atom. The van der Waals surface area contributed by atoms with E-state index in [1.807, 2.05) is 0 Å². The quantitative estimate of drug-likeness (QED) is 0.643. The van der Waals surface area contributed by atoms with Gasteiger partial charge < -0.3 is 9.64 Å². The van der Waals surface area contributed by atoms with Gasteiger partial charge in [-0.1, -0.05) is 28.9 Å². The predicted octanol–water partition coefficient (Wildman–Crippen LogP) is 4.60. The molecule has 0 radical (unpaired) electrons. The fourth-order valence-corrected chi connectivity index (χ4v) is 2.86. The van der Waals surface area contributed by atoms with Crippen molar-refractivity contribution in [3.8, 4) is 0 Å². The zero-order chi connectivity index (χ0) is 13.5. The lowest BCUT2D eigenvalue weighted by molar-refractivity contribution is 0.203. The molecule has 0 heterocycles. The van der Waals surface area contributed by atoms with E-state index in [0.29, 0.717) is 6.04 Å². The molecule has 1 atom stereocenters. The van der Waals surface area contributed by atoms with Gasteiger partial charge in [-0.05, 0) is 47.0 Å². The van der Waals surface area contributed by atoms with Gasteiger partial charge in [0.15, 0.2) is 0 Å². The Kier molecular flexibility index (Phi) is 7.27. The van der Waals surface area contributed by atoms with E-state index in [1.165, 1.54) is 11.3 Å². The molecule has 0 aliphatic heterocycles. The molecule has 2 nitrogen and oxygen atoms in total. The first-order valence-electron chi connectivity index (χ1n) is 6.24. The summed E-state index contributed by atoms with van der Waals surface area (Å²) >= 11 is 7.16. The summed E-state index contributed by atoms with van der Waals surface area (Å²) in [7, 11) is 1.75. The molecule has 0 aromatic heterocycles. The van der Waals surface area contributed by atoms with Gasteiger partial charge >= 0.3 is 0 Å². The van der Waals surface area contributed by atoms with E-state index < -0.39 is 0 Å². The lowest BCUT2D eigenvalue weighted by Gasteiger charge is -2.31. The van der Waals surface area contributed by atoms with Crippen molar-refractivity contribution in [2.75, 3.05) is 25.2 Å². The Bertz CT molecular complexity index is 371. The van der Waals surface area contributed by atoms with Gasteiger partial charge in [0.25, 0.3) is 0 Å². The van der Waals surface area contributed by atoms with Crippen LogP contribution in [0, 0.1) is 0 Å². The lowest BCUT2D eigenvalue weighted by atomic mass is 10.1. The number of anilines is 1. The molecule has 4 heteroatoms. The van der Waals surface area contributed by atoms with Crippen LogP contribution < -0.4 is 4.90 Å². The zero-order valence-corrected chi connectivity index (χ0v) is 14.4. The van der Waals surface area contributed by atoms with E-state index >= 15 is 0 Å². The first kappa shape index (κ1) is 16.0. The van der Waals surface area contributed by atoms with Gasteiger partial charge in [-0.2, -0.15) is 0 Å². The molecule has 102 valence electrons. The Morgan fingerprint density at radius 2 is 2.11 bits per heavy atom. The molecule has 0 aliphatic carbocycles. The third-order valence-corrected chi connectivity index (χ3v) is 4.42. The molecule has 0 N–H and O–H groups in total. The maximum atomic E-state index is 5.21. The molecule has 0 fully saturated rings. The number of rotatable bonds is 7. The number of halogens is 2. The monoisotopic (exact) mass is 377 g/mol. The second-order valence-corrected chi connectivity index (χ2v) is 5.78. The zero-order valence-electron chi connectivity index (χ0n) is 11.2. The molecule has 0 bridgehead atoms. The molecule has 1 rings (SSSR count). The highest BCUT2D eigenvalue weighted by Gasteiger charge is 2.15. The summed E-state index contributed by atoms with van der Waals surface area (Å²) < 4.78 is 6.36. The first-order chi connectivity index (χ1) is 8.63. The molecule has 1 aromatic rings. The van der Waals surface area contributed by atoms with E-state index in [1.54, 1.807) is 7.11 Å². The van der Waals surface area contributed by atoms with Crippen LogP contribution in [0.5, 0.6) is 0 Å². The SMILES string of the molecule is CCC(C)N(CCOC)c1ccc(CBr)cc1Br. The van der Waals surface area contributed by atoms with Crippen LogP contribution in [0.25, 0.3) is 0 Å². The van der Waals surface area contributed by atoms with Crippen LogP contribution in [-0.4, -0.2) is 26.3 Å². The summed E-state index contributed by atoms with van der Waals surface area (Å²) in [6.07, 6.45) is 1.12. The average molecular weight is 379 g/mol. The number of alkyl halides is 1. The Balaban J connectivity index is 2.96. The van der Waals surface area contributed by atoms with Crippen LogP contribution in [0.2, 0.25) is 0 Å². The van der Waals surface area contributed by atoms with Gasteiger partial charge in [0.05, 0.1) is 12.3 Å². The first-order valence-corrected chi connectivity index (χ1v) is 8.15. The van der Waals surface area contributed by atoms with Crippen LogP contribution in [0.3, 0.4) is 0 Å². The van der Waals surface area contributed by atoms with Gasteiger partial charge in [0.2, 0.25) is 0 Å². The molecule has 18 heavy (non-hydrogen) atoms. The molecule has 0 saturated carbocycles. The fourth-order valence-electron chi connectivity index (χ4n) is 1.85. The van der Waals surface area contributed by atoms with E-state index in [9.17, 15) is 0 Å². The standard InChI is InChI=1S/C14H21Br2NO/c1-4-11(2)17(7-8-18-3)14-6-5-12(10-15)9-13(14)16/h5-6,9,11H,4,7-8,10H2,1-3H3. The summed E-state index contributed by atoms with van der Waals surface area (Å²) in [5.74, 6) is 0. The van der Waals surface area contributed by atoms with Gasteiger partial charge in [-0.15, -0.1) is 0 Å². The van der Waals surface area contributed by atoms with Gasteiger partial charge in [-0.3, -0.25) is 0 Å². The molecule has 0 aliphatic rings. The normalized spacial score (nSPS) is 12.5. The van der Waals surface area contributed by atoms with Gasteiger partial charge in [0, 0.05) is 29.5 Å². The van der Waals surface area contributed by atoms with Crippen molar-refractivity contribution in [3.63, 3.8) is 0 Å². The van der Waals surface area contributed by atoms with Crippen molar-refractivity contribution >= 4 is 37.5 Å². The minimum absolute atomic E-state index is 0.506. The fraction of sp³-hybridized carbons (Fsp3) is 0.571. The number of nitrogens with zero attached hydrogens (tertiary/aromatic N) is 1. The summed E-state index contributed by atoms with van der Waals surface area (Å²) in [5.41, 5.74) is 2.52. The predicted molar refractivity (Wildman–Crippen MR) is 85.7 cm³/mol. The Labute approximate surface area is 127 Å². The second kappa shape index (κ2) is 8.18. The van der Waals surface area contributed by atoms with Crippen molar-refractivity contribution < 1.29 is 4.74 Å². The average Bonchev–Trinajstić information content (AvgIpc) is 2.39. The van der Waals surface area contributed by atoms with Crippen molar-refractivity contribution in [3.05, 3.63) is 28.2 Å². The highest BCUT2D eigenvalue weighted by molar-refractivity contribution is 9.10. The molecular weight excluding hydrogens is 358 g/mol. The number of methoxy groups -OCH3 is 1. The third-order valence-electron chi connectivity index (χ3n) is 3.14. The number of hydrogen-bond donors (Lipinski definition) is 0. The summed E-state index contributed by atoms with van der Waals surface area (Å²) in [4.78, 5) is 2.39. The largest absolute Gasteiger partial charge is 0.383 e. The van der Waals surface area contributed by atoms with Crippen molar-refractivity contribution in [1.29, 1.82) is 0 Å². The van der Waals surface area contributed by atoms with Crippen LogP contribution in [-0.2, 0) is 10.1 Å². The number of benzene rings is 1. The van der Waals surface area contributed by atoms with E-state index in [-0.39, 0.29) is 0 Å². The maximum absolute atomic E-state index is 5.21. The molecular formula is C14H21Br2NO. The maximum Gasteiger partial charge on any atom is 0.0637 e. The van der Waals surface area contributed by atoms with Crippen LogP contribution in [0.15, 0.2) is 22.7 Å². The summed E-state index contributed by atoms with van der Waals surface area (Å²) in [6.45, 7) is 6.13. The third kappa shape index (κ3) is 4.25. The smallest absolute Gasteiger partial charge is 0.0637 e. The van der Waals surface area contributed by atoms with Crippen molar-refractivity contribution in [2.45, 2.75) is 31.6 Å².